The Morgan fingerprint density at radius 2 is 0.544 bits per heavy atom. The number of unbranched alkanes of at least 4 members (excludes halogenated alkanes) is 25. The van der Waals surface area contributed by atoms with Crippen LogP contribution in [0, 0.1) is 0 Å². The fraction of sp³-hybridized carbons (Fsp3) is 0.875. The van der Waals surface area contributed by atoms with Crippen LogP contribution in [-0.4, -0.2) is 90.7 Å². The molecule has 0 fully saturated rings. The molecule has 0 heterocycles. The van der Waals surface area contributed by atoms with Crippen LogP contribution in [0.4, 0.5) is 0 Å². The van der Waals surface area contributed by atoms with Crippen molar-refractivity contribution in [1.82, 2.24) is 0 Å². The molecular weight excluding hydrogens is 1060 g/mol. The molecule has 0 aromatic carbocycles. The van der Waals surface area contributed by atoms with Gasteiger partial charge in [0.15, 0.2) is 6.10 Å². The summed E-state index contributed by atoms with van der Waals surface area (Å²) in [6, 6.07) is 0. The standard InChI is InChI=1S/C64H116O12S3/c1-4-7-10-12-14-15-16-17-18-19-21-27-36-46-61(67)76-58(53-71-59(65)44-34-28-22-25-32-40-55(73-62(68)47-50-77)39-31-24-20-13-11-8-5-2)54-72-60(66)45-35-29-23-26-33-41-57(75-64(70)49-52-79)43-37-42-56(38-30-9-6-3)74-63(69)48-51-78/h15-16,55-58,77-79H,4-14,17-54H2,1-3H3/b16-15+. The summed E-state index contributed by atoms with van der Waals surface area (Å²) in [7, 11) is 0. The van der Waals surface area contributed by atoms with Gasteiger partial charge in [0.05, 0.1) is 19.3 Å². The lowest BCUT2D eigenvalue weighted by molar-refractivity contribution is -0.167. The Morgan fingerprint density at radius 1 is 0.291 bits per heavy atom. The Balaban J connectivity index is 5.03. The van der Waals surface area contributed by atoms with Crippen LogP contribution in [0.5, 0.6) is 0 Å². The highest BCUT2D eigenvalue weighted by Crippen LogP contribution is 2.22. The molecule has 4 atom stereocenters. The number of esters is 6. The van der Waals surface area contributed by atoms with E-state index >= 15 is 0 Å². The summed E-state index contributed by atoms with van der Waals surface area (Å²) in [5.74, 6) is -0.426. The molecule has 12 nitrogen and oxygen atoms in total. The van der Waals surface area contributed by atoms with Gasteiger partial charge in [-0.15, -0.1) is 0 Å². The van der Waals surface area contributed by atoms with Crippen molar-refractivity contribution in [3.8, 4) is 0 Å². The third kappa shape index (κ3) is 53.4. The topological polar surface area (TPSA) is 158 Å². The summed E-state index contributed by atoms with van der Waals surface area (Å²) in [4.78, 5) is 75.7. The second-order valence-corrected chi connectivity index (χ2v) is 23.2. The number of allylic oxidation sites excluding steroid dienone is 2. The van der Waals surface area contributed by atoms with E-state index in [9.17, 15) is 28.8 Å². The molecule has 0 amide bonds. The van der Waals surface area contributed by atoms with Gasteiger partial charge in [-0.25, -0.2) is 0 Å². The zero-order valence-corrected chi connectivity index (χ0v) is 53.0. The zero-order valence-electron chi connectivity index (χ0n) is 50.4. The van der Waals surface area contributed by atoms with Crippen LogP contribution in [0.3, 0.4) is 0 Å². The molecule has 79 heavy (non-hydrogen) atoms. The van der Waals surface area contributed by atoms with Crippen LogP contribution >= 0.6 is 37.9 Å². The van der Waals surface area contributed by atoms with Gasteiger partial charge in [0.2, 0.25) is 0 Å². The van der Waals surface area contributed by atoms with Gasteiger partial charge in [-0.05, 0) is 116 Å². The Kier molecular flexibility index (Phi) is 57.0. The summed E-state index contributed by atoms with van der Waals surface area (Å²) < 4.78 is 34.3. The van der Waals surface area contributed by atoms with Crippen molar-refractivity contribution in [3.05, 3.63) is 12.2 Å². The minimum Gasteiger partial charge on any atom is -0.462 e. The summed E-state index contributed by atoms with van der Waals surface area (Å²) in [6.45, 7) is 6.25. The highest BCUT2D eigenvalue weighted by molar-refractivity contribution is 7.80. The predicted molar refractivity (Wildman–Crippen MR) is 332 cm³/mol. The first-order valence-electron chi connectivity index (χ1n) is 32.1. The first-order chi connectivity index (χ1) is 38.5. The number of hydrogen-bond donors (Lipinski definition) is 3. The fourth-order valence-corrected chi connectivity index (χ4v) is 10.1. The minimum atomic E-state index is -0.889. The van der Waals surface area contributed by atoms with E-state index in [-0.39, 0.29) is 99.4 Å². The van der Waals surface area contributed by atoms with E-state index in [0.717, 1.165) is 154 Å². The molecule has 462 valence electrons. The lowest BCUT2D eigenvalue weighted by atomic mass is 10.00. The summed E-state index contributed by atoms with van der Waals surface area (Å²) in [6.07, 6.45) is 43.1. The van der Waals surface area contributed by atoms with Gasteiger partial charge in [-0.1, -0.05) is 161 Å². The van der Waals surface area contributed by atoms with Crippen LogP contribution in [0.15, 0.2) is 12.2 Å². The molecule has 0 saturated heterocycles. The third-order valence-corrected chi connectivity index (χ3v) is 14.9. The Morgan fingerprint density at radius 3 is 0.911 bits per heavy atom. The van der Waals surface area contributed by atoms with Crippen molar-refractivity contribution < 1.29 is 57.2 Å². The molecule has 0 aliphatic heterocycles. The van der Waals surface area contributed by atoms with E-state index in [1.165, 1.54) is 64.2 Å². The molecule has 0 spiro atoms. The van der Waals surface area contributed by atoms with E-state index in [0.29, 0.717) is 49.4 Å². The van der Waals surface area contributed by atoms with Crippen LogP contribution in [0.2, 0.25) is 0 Å². The third-order valence-electron chi connectivity index (χ3n) is 14.3. The molecule has 0 rings (SSSR count). The van der Waals surface area contributed by atoms with Crippen molar-refractivity contribution in [1.29, 1.82) is 0 Å². The Bertz CT molecular complexity index is 1500. The lowest BCUT2D eigenvalue weighted by Crippen LogP contribution is -2.30. The average Bonchev–Trinajstić information content (AvgIpc) is 3.42. The Labute approximate surface area is 498 Å². The normalized spacial score (nSPS) is 12.9. The van der Waals surface area contributed by atoms with Crippen molar-refractivity contribution in [3.63, 3.8) is 0 Å². The number of hydrogen-bond acceptors (Lipinski definition) is 15. The van der Waals surface area contributed by atoms with Crippen molar-refractivity contribution >= 4 is 73.7 Å². The second-order valence-electron chi connectivity index (χ2n) is 21.8. The summed E-state index contributed by atoms with van der Waals surface area (Å²) in [5.41, 5.74) is 0. The molecule has 0 bridgehead atoms. The van der Waals surface area contributed by atoms with Gasteiger partial charge >= 0.3 is 35.8 Å². The largest absolute Gasteiger partial charge is 0.462 e. The van der Waals surface area contributed by atoms with Crippen LogP contribution in [-0.2, 0) is 57.2 Å². The van der Waals surface area contributed by atoms with Gasteiger partial charge in [-0.2, -0.15) is 37.9 Å². The van der Waals surface area contributed by atoms with E-state index < -0.39 is 6.10 Å². The summed E-state index contributed by atoms with van der Waals surface area (Å²) in [5, 5.41) is 0. The van der Waals surface area contributed by atoms with E-state index in [4.69, 9.17) is 28.4 Å². The minimum absolute atomic E-state index is 0.0540. The maximum atomic E-state index is 13.0. The molecule has 15 heteroatoms. The molecule has 0 radical (unpaired) electrons. The van der Waals surface area contributed by atoms with Crippen LogP contribution in [0.1, 0.15) is 303 Å². The van der Waals surface area contributed by atoms with E-state index in [1.54, 1.807) is 0 Å². The fourth-order valence-electron chi connectivity index (χ4n) is 9.53. The van der Waals surface area contributed by atoms with Crippen molar-refractivity contribution in [2.45, 2.75) is 328 Å². The molecule has 0 aromatic heterocycles. The van der Waals surface area contributed by atoms with Gasteiger partial charge in [0.25, 0.3) is 0 Å². The number of rotatable bonds is 59. The molecule has 0 saturated carbocycles. The maximum absolute atomic E-state index is 13.0. The molecule has 0 aliphatic rings. The summed E-state index contributed by atoms with van der Waals surface area (Å²) >= 11 is 12.6. The highest BCUT2D eigenvalue weighted by atomic mass is 32.1. The molecule has 4 unspecified atom stereocenters. The van der Waals surface area contributed by atoms with Crippen molar-refractivity contribution in [2.75, 3.05) is 30.5 Å². The lowest BCUT2D eigenvalue weighted by Gasteiger charge is -2.21. The maximum Gasteiger partial charge on any atom is 0.306 e. The highest BCUT2D eigenvalue weighted by Gasteiger charge is 2.21. The molecule has 0 aromatic rings. The van der Waals surface area contributed by atoms with Gasteiger partial charge in [-0.3, -0.25) is 28.8 Å². The average molecular weight is 1170 g/mol. The van der Waals surface area contributed by atoms with Gasteiger partial charge < -0.3 is 28.4 Å². The number of carbonyl (C=O) groups is 6. The van der Waals surface area contributed by atoms with Gasteiger partial charge in [0.1, 0.15) is 31.5 Å². The second kappa shape index (κ2) is 58.8. The predicted octanol–water partition coefficient (Wildman–Crippen LogP) is 17.3. The van der Waals surface area contributed by atoms with Crippen LogP contribution in [0.25, 0.3) is 0 Å². The number of thiol groups is 3. The first-order valence-corrected chi connectivity index (χ1v) is 34.0. The van der Waals surface area contributed by atoms with E-state index in [1.807, 2.05) is 0 Å². The first kappa shape index (κ1) is 76.6. The molecule has 0 N–H and O–H groups in total. The van der Waals surface area contributed by atoms with Crippen LogP contribution < -0.4 is 0 Å². The number of ether oxygens (including phenoxy) is 6. The smallest absolute Gasteiger partial charge is 0.306 e. The van der Waals surface area contributed by atoms with Gasteiger partial charge in [0, 0.05) is 36.5 Å². The van der Waals surface area contributed by atoms with E-state index in [2.05, 4.69) is 70.8 Å². The zero-order chi connectivity index (χ0) is 58.1. The quantitative estimate of drug-likeness (QED) is 0.0174. The monoisotopic (exact) mass is 1170 g/mol. The SMILES string of the molecule is CCCCCC/C=C/CCCCCCCC(=O)OC(COC(=O)CCCCCCCC(CCCCCCCCC)OC(=O)CCS)COC(=O)CCCCCCCC(CCCC(CCCCC)OC(=O)CCS)OC(=O)CCS. The molecule has 0 aliphatic carbocycles. The molecular formula is C64H116O12S3. The van der Waals surface area contributed by atoms with Crippen molar-refractivity contribution in [2.24, 2.45) is 0 Å². The number of carbonyl (C=O) groups excluding carboxylic acids is 6. The Hall–Kier alpha value is -2.39.